The molecular formula is C13H13ClINO. The van der Waals surface area contributed by atoms with Crippen LogP contribution in [0.25, 0.3) is 0 Å². The van der Waals surface area contributed by atoms with Crippen molar-refractivity contribution >= 4 is 34.2 Å². The van der Waals surface area contributed by atoms with Crippen molar-refractivity contribution in [1.29, 1.82) is 0 Å². The van der Waals surface area contributed by atoms with Gasteiger partial charge in [0.25, 0.3) is 0 Å². The Hall–Kier alpha value is -0.520. The molecule has 0 saturated carbocycles. The first-order valence-corrected chi connectivity index (χ1v) is 6.79. The van der Waals surface area contributed by atoms with E-state index in [0.29, 0.717) is 0 Å². The van der Waals surface area contributed by atoms with E-state index in [1.807, 2.05) is 25.2 Å². The number of hydrogen-bond donors (Lipinski definition) is 1. The Kier molecular flexibility index (Phi) is 4.48. The van der Waals surface area contributed by atoms with Gasteiger partial charge in [-0.1, -0.05) is 17.7 Å². The summed E-state index contributed by atoms with van der Waals surface area (Å²) in [5, 5.41) is 4.10. The first-order valence-electron chi connectivity index (χ1n) is 5.34. The van der Waals surface area contributed by atoms with Crippen LogP contribution in [0.15, 0.2) is 41.2 Å². The fraction of sp³-hybridized carbons (Fsp3) is 0.231. The van der Waals surface area contributed by atoms with E-state index in [1.165, 1.54) is 11.1 Å². The van der Waals surface area contributed by atoms with Crippen molar-refractivity contribution in [3.05, 3.63) is 56.5 Å². The van der Waals surface area contributed by atoms with Gasteiger partial charge < -0.3 is 9.73 Å². The summed E-state index contributed by atoms with van der Waals surface area (Å²) in [4.78, 5) is 0. The molecule has 0 spiro atoms. The van der Waals surface area contributed by atoms with Crippen LogP contribution in [0.5, 0.6) is 0 Å². The van der Waals surface area contributed by atoms with Crippen molar-refractivity contribution in [2.45, 2.75) is 12.5 Å². The maximum absolute atomic E-state index is 6.14. The van der Waals surface area contributed by atoms with E-state index in [4.69, 9.17) is 16.0 Å². The molecule has 2 nitrogen and oxygen atoms in total. The molecule has 0 aliphatic carbocycles. The lowest BCUT2D eigenvalue weighted by Crippen LogP contribution is -2.18. The van der Waals surface area contributed by atoms with Gasteiger partial charge in [-0.3, -0.25) is 0 Å². The van der Waals surface area contributed by atoms with Crippen LogP contribution in [0.2, 0.25) is 5.02 Å². The molecule has 0 aliphatic heterocycles. The van der Waals surface area contributed by atoms with Crippen LogP contribution in [-0.2, 0) is 6.42 Å². The first kappa shape index (κ1) is 12.9. The summed E-state index contributed by atoms with van der Waals surface area (Å²) in [6, 6.07) is 8.40. The predicted molar refractivity (Wildman–Crippen MR) is 78.4 cm³/mol. The van der Waals surface area contributed by atoms with Gasteiger partial charge in [-0.25, -0.2) is 0 Å². The van der Waals surface area contributed by atoms with E-state index >= 15 is 0 Å². The van der Waals surface area contributed by atoms with Gasteiger partial charge in [-0.05, 0) is 65.4 Å². The van der Waals surface area contributed by atoms with Gasteiger partial charge in [-0.2, -0.15) is 0 Å². The zero-order chi connectivity index (χ0) is 12.3. The third-order valence-electron chi connectivity index (χ3n) is 2.71. The molecule has 90 valence electrons. The van der Waals surface area contributed by atoms with Crippen LogP contribution >= 0.6 is 34.2 Å². The van der Waals surface area contributed by atoms with E-state index in [9.17, 15) is 0 Å². The average molecular weight is 362 g/mol. The summed E-state index contributed by atoms with van der Waals surface area (Å²) in [6.07, 6.45) is 4.37. The molecule has 1 N–H and O–H groups in total. The van der Waals surface area contributed by atoms with Gasteiger partial charge in [0, 0.05) is 9.61 Å². The van der Waals surface area contributed by atoms with Gasteiger partial charge in [-0.15, -0.1) is 0 Å². The monoisotopic (exact) mass is 361 g/mol. The van der Waals surface area contributed by atoms with Crippen LogP contribution in [0.3, 0.4) is 0 Å². The number of rotatable bonds is 4. The molecule has 0 aliphatic rings. The third-order valence-corrected chi connectivity index (χ3v) is 4.29. The fourth-order valence-electron chi connectivity index (χ4n) is 1.76. The van der Waals surface area contributed by atoms with E-state index in [0.717, 1.165) is 15.0 Å². The Bertz CT molecular complexity index is 484. The summed E-state index contributed by atoms with van der Waals surface area (Å²) in [6.45, 7) is 0. The molecule has 0 saturated heterocycles. The number of nitrogens with one attached hydrogen (secondary N) is 1. The molecule has 1 heterocycles. The minimum Gasteiger partial charge on any atom is -0.472 e. The Morgan fingerprint density at radius 2 is 2.24 bits per heavy atom. The molecule has 1 aromatic heterocycles. The second-order valence-electron chi connectivity index (χ2n) is 3.85. The van der Waals surface area contributed by atoms with Crippen LogP contribution < -0.4 is 5.32 Å². The maximum atomic E-state index is 6.14. The zero-order valence-electron chi connectivity index (χ0n) is 9.41. The van der Waals surface area contributed by atoms with Crippen molar-refractivity contribution in [1.82, 2.24) is 5.32 Å². The van der Waals surface area contributed by atoms with Gasteiger partial charge in [0.2, 0.25) is 0 Å². The molecule has 1 aromatic carbocycles. The van der Waals surface area contributed by atoms with E-state index < -0.39 is 0 Å². The largest absolute Gasteiger partial charge is 0.472 e. The van der Waals surface area contributed by atoms with Crippen molar-refractivity contribution in [3.8, 4) is 0 Å². The Morgan fingerprint density at radius 3 is 2.82 bits per heavy atom. The molecular weight excluding hydrogens is 349 g/mol. The molecule has 0 amide bonds. The number of hydrogen-bond acceptors (Lipinski definition) is 2. The SMILES string of the molecule is CNC(Cc1ccoc1)c1ccc(I)c(Cl)c1. The van der Waals surface area contributed by atoms with E-state index in [1.54, 1.807) is 12.5 Å². The smallest absolute Gasteiger partial charge is 0.0935 e. The second kappa shape index (κ2) is 5.89. The van der Waals surface area contributed by atoms with Crippen molar-refractivity contribution in [3.63, 3.8) is 0 Å². The zero-order valence-corrected chi connectivity index (χ0v) is 12.3. The van der Waals surface area contributed by atoms with Crippen LogP contribution in [0.1, 0.15) is 17.2 Å². The molecule has 0 bridgehead atoms. The van der Waals surface area contributed by atoms with Gasteiger partial charge in [0.15, 0.2) is 0 Å². The topological polar surface area (TPSA) is 25.2 Å². The molecule has 1 unspecified atom stereocenters. The Morgan fingerprint density at radius 1 is 1.41 bits per heavy atom. The molecule has 0 radical (unpaired) electrons. The van der Waals surface area contributed by atoms with Gasteiger partial charge >= 0.3 is 0 Å². The highest BCUT2D eigenvalue weighted by Gasteiger charge is 2.12. The molecule has 2 rings (SSSR count). The summed E-state index contributed by atoms with van der Waals surface area (Å²) < 4.78 is 6.16. The summed E-state index contributed by atoms with van der Waals surface area (Å²) in [7, 11) is 1.95. The average Bonchev–Trinajstić information content (AvgIpc) is 2.82. The van der Waals surface area contributed by atoms with Crippen LogP contribution in [0, 0.1) is 3.57 Å². The molecule has 0 fully saturated rings. The number of halogens is 2. The lowest BCUT2D eigenvalue weighted by Gasteiger charge is -2.16. The molecule has 17 heavy (non-hydrogen) atoms. The van der Waals surface area contributed by atoms with Gasteiger partial charge in [0.1, 0.15) is 0 Å². The highest BCUT2D eigenvalue weighted by molar-refractivity contribution is 14.1. The molecule has 2 aromatic rings. The first-order chi connectivity index (χ1) is 8.20. The third kappa shape index (κ3) is 3.24. The number of furan rings is 1. The van der Waals surface area contributed by atoms with Crippen LogP contribution in [-0.4, -0.2) is 7.05 Å². The van der Waals surface area contributed by atoms with Crippen LogP contribution in [0.4, 0.5) is 0 Å². The van der Waals surface area contributed by atoms with Crippen molar-refractivity contribution in [2.75, 3.05) is 7.05 Å². The Labute approximate surface area is 119 Å². The molecule has 1 atom stereocenters. The van der Waals surface area contributed by atoms with E-state index in [2.05, 4.69) is 34.0 Å². The minimum absolute atomic E-state index is 0.252. The second-order valence-corrected chi connectivity index (χ2v) is 5.42. The normalized spacial score (nSPS) is 12.6. The van der Waals surface area contributed by atoms with E-state index in [-0.39, 0.29) is 6.04 Å². The lowest BCUT2D eigenvalue weighted by molar-refractivity contribution is 0.551. The predicted octanol–water partition coefficient (Wildman–Crippen LogP) is 4.04. The number of benzene rings is 1. The maximum Gasteiger partial charge on any atom is 0.0935 e. The lowest BCUT2D eigenvalue weighted by atomic mass is 10.0. The number of likely N-dealkylation sites (N-methyl/N-ethyl adjacent to an activating group) is 1. The minimum atomic E-state index is 0.252. The highest BCUT2D eigenvalue weighted by Crippen LogP contribution is 2.25. The van der Waals surface area contributed by atoms with Gasteiger partial charge in [0.05, 0.1) is 17.5 Å². The standard InChI is InChI=1S/C13H13ClINO/c1-16-13(6-9-4-5-17-8-9)10-2-3-12(15)11(14)7-10/h2-5,7-8,13,16H,6H2,1H3. The molecule has 4 heteroatoms. The summed E-state index contributed by atoms with van der Waals surface area (Å²) in [5.41, 5.74) is 2.37. The quantitative estimate of drug-likeness (QED) is 0.832. The summed E-state index contributed by atoms with van der Waals surface area (Å²) in [5.74, 6) is 0. The van der Waals surface area contributed by atoms with Crippen molar-refractivity contribution < 1.29 is 4.42 Å². The van der Waals surface area contributed by atoms with Crippen molar-refractivity contribution in [2.24, 2.45) is 0 Å². The fourth-order valence-corrected chi connectivity index (χ4v) is 2.28. The Balaban J connectivity index is 2.20. The summed E-state index contributed by atoms with van der Waals surface area (Å²) >= 11 is 8.37. The highest BCUT2D eigenvalue weighted by atomic mass is 127.